The zero-order chi connectivity index (χ0) is 20.1. The lowest BCUT2D eigenvalue weighted by Gasteiger charge is -2.31. The first kappa shape index (κ1) is 19.2. The number of carbonyl (C=O) groups excluding carboxylic acids is 2. The molecule has 1 saturated carbocycles. The van der Waals surface area contributed by atoms with Gasteiger partial charge >= 0.3 is 6.09 Å². The molecule has 0 spiro atoms. The van der Waals surface area contributed by atoms with Gasteiger partial charge in [-0.2, -0.15) is 5.10 Å². The van der Waals surface area contributed by atoms with Gasteiger partial charge in [-0.1, -0.05) is 0 Å². The van der Waals surface area contributed by atoms with Gasteiger partial charge in [0.1, 0.15) is 5.60 Å². The molecule has 1 saturated heterocycles. The molecule has 0 radical (unpaired) electrons. The largest absolute Gasteiger partial charge is 0.444 e. The number of nitrogens with zero attached hydrogens (tertiary/aromatic N) is 4. The van der Waals surface area contributed by atoms with Gasteiger partial charge in [0, 0.05) is 32.1 Å². The summed E-state index contributed by atoms with van der Waals surface area (Å²) in [5.74, 6) is 0.500. The van der Waals surface area contributed by atoms with Crippen molar-refractivity contribution >= 4 is 12.0 Å². The first-order valence-electron chi connectivity index (χ1n) is 10.2. The summed E-state index contributed by atoms with van der Waals surface area (Å²) in [5.41, 5.74) is 0.742. The Labute approximate surface area is 165 Å². The molecule has 2 amide bonds. The van der Waals surface area contributed by atoms with E-state index in [1.807, 2.05) is 30.4 Å². The molecule has 8 heteroatoms. The summed E-state index contributed by atoms with van der Waals surface area (Å²) >= 11 is 0. The molecule has 8 nitrogen and oxygen atoms in total. The maximum Gasteiger partial charge on any atom is 0.410 e. The molecule has 0 unspecified atom stereocenters. The minimum Gasteiger partial charge on any atom is -0.444 e. The van der Waals surface area contributed by atoms with Crippen molar-refractivity contribution in [3.05, 3.63) is 17.5 Å². The van der Waals surface area contributed by atoms with Gasteiger partial charge < -0.3 is 19.6 Å². The van der Waals surface area contributed by atoms with Crippen LogP contribution in [0, 0.1) is 11.8 Å². The number of likely N-dealkylation sites (tertiary alicyclic amines) is 1. The predicted molar refractivity (Wildman–Crippen MR) is 102 cm³/mol. The molecular weight excluding hydrogens is 360 g/mol. The highest BCUT2D eigenvalue weighted by atomic mass is 16.6. The second-order valence-electron chi connectivity index (χ2n) is 9.37. The maximum absolute atomic E-state index is 13.0. The summed E-state index contributed by atoms with van der Waals surface area (Å²) in [7, 11) is 0. The molecule has 3 aliphatic rings. The van der Waals surface area contributed by atoms with Gasteiger partial charge in [0.15, 0.2) is 5.69 Å². The SMILES string of the molecule is CC(C)(C)OC(=O)N1CCCn2nc(C(=O)N3C[C@@H]4C[C@H](C3)[C@H](O)C4)cc2C1. The van der Waals surface area contributed by atoms with E-state index in [9.17, 15) is 14.7 Å². The van der Waals surface area contributed by atoms with Crippen LogP contribution >= 0.6 is 0 Å². The third-order valence-electron chi connectivity index (χ3n) is 5.86. The minimum atomic E-state index is -0.539. The van der Waals surface area contributed by atoms with Crippen molar-refractivity contribution in [1.82, 2.24) is 19.6 Å². The van der Waals surface area contributed by atoms with Gasteiger partial charge in [-0.25, -0.2) is 4.79 Å². The van der Waals surface area contributed by atoms with Crippen LogP contribution in [-0.2, 0) is 17.8 Å². The van der Waals surface area contributed by atoms with Gasteiger partial charge in [0.05, 0.1) is 18.3 Å². The quantitative estimate of drug-likeness (QED) is 0.791. The first-order chi connectivity index (χ1) is 13.2. The zero-order valence-corrected chi connectivity index (χ0v) is 16.9. The average molecular weight is 390 g/mol. The van der Waals surface area contributed by atoms with Crippen molar-refractivity contribution in [2.75, 3.05) is 19.6 Å². The molecule has 154 valence electrons. The van der Waals surface area contributed by atoms with E-state index in [0.29, 0.717) is 44.3 Å². The number of carbonyl (C=O) groups is 2. The Kier molecular flexibility index (Phi) is 4.85. The molecule has 1 aromatic heterocycles. The van der Waals surface area contributed by atoms with Crippen molar-refractivity contribution in [1.29, 1.82) is 0 Å². The Bertz CT molecular complexity index is 767. The van der Waals surface area contributed by atoms with E-state index >= 15 is 0 Å². The standard InChI is InChI=1S/C20H30N4O4/c1-20(2,3)28-19(27)22-5-4-6-24-15(12-22)9-16(21-24)18(26)23-10-13-7-14(11-23)17(25)8-13/h9,13-14,17,25H,4-8,10-12H2,1-3H3/t13-,14-,17-/m1/s1. The van der Waals surface area contributed by atoms with E-state index in [-0.39, 0.29) is 24.0 Å². The summed E-state index contributed by atoms with van der Waals surface area (Å²) in [6, 6.07) is 1.80. The number of aliphatic hydroxyl groups excluding tert-OH is 1. The van der Waals surface area contributed by atoms with Crippen molar-refractivity contribution < 1.29 is 19.4 Å². The number of hydrogen-bond acceptors (Lipinski definition) is 5. The predicted octanol–water partition coefficient (Wildman–Crippen LogP) is 1.87. The number of aryl methyl sites for hydroxylation is 1. The number of fused-ring (bicyclic) bond motifs is 3. The highest BCUT2D eigenvalue weighted by Gasteiger charge is 2.41. The van der Waals surface area contributed by atoms with E-state index in [2.05, 4.69) is 5.10 Å². The molecule has 2 bridgehead atoms. The number of ether oxygens (including phenoxy) is 1. The highest BCUT2D eigenvalue weighted by molar-refractivity contribution is 5.92. The fourth-order valence-corrected chi connectivity index (χ4v) is 4.61. The molecule has 1 aromatic rings. The molecule has 0 aromatic carbocycles. The summed E-state index contributed by atoms with van der Waals surface area (Å²) in [4.78, 5) is 29.0. The van der Waals surface area contributed by atoms with Gasteiger partial charge in [0.25, 0.3) is 5.91 Å². The Morgan fingerprint density at radius 2 is 1.96 bits per heavy atom. The molecule has 3 atom stereocenters. The fourth-order valence-electron chi connectivity index (χ4n) is 4.61. The number of amides is 2. The van der Waals surface area contributed by atoms with Crippen LogP contribution in [0.3, 0.4) is 0 Å². The Hall–Kier alpha value is -2.09. The number of hydrogen-bond donors (Lipinski definition) is 1. The lowest BCUT2D eigenvalue weighted by molar-refractivity contribution is 0.0236. The van der Waals surface area contributed by atoms with E-state index in [1.165, 1.54) is 0 Å². The van der Waals surface area contributed by atoms with Crippen LogP contribution in [0.25, 0.3) is 0 Å². The second kappa shape index (κ2) is 7.06. The minimum absolute atomic E-state index is 0.0757. The lowest BCUT2D eigenvalue weighted by Crippen LogP contribution is -2.42. The molecule has 4 rings (SSSR count). The molecular formula is C20H30N4O4. The van der Waals surface area contributed by atoms with Crippen LogP contribution in [0.2, 0.25) is 0 Å². The summed E-state index contributed by atoms with van der Waals surface area (Å²) in [5, 5.41) is 14.6. The topological polar surface area (TPSA) is 87.9 Å². The van der Waals surface area contributed by atoms with E-state index in [1.54, 1.807) is 11.0 Å². The zero-order valence-electron chi connectivity index (χ0n) is 16.9. The second-order valence-corrected chi connectivity index (χ2v) is 9.37. The molecule has 3 heterocycles. The smallest absolute Gasteiger partial charge is 0.410 e. The maximum atomic E-state index is 13.0. The average Bonchev–Trinajstić information content (AvgIpc) is 3.04. The van der Waals surface area contributed by atoms with Crippen LogP contribution in [0.4, 0.5) is 4.79 Å². The monoisotopic (exact) mass is 390 g/mol. The van der Waals surface area contributed by atoms with Gasteiger partial charge in [0.2, 0.25) is 0 Å². The summed E-state index contributed by atoms with van der Waals surface area (Å²) < 4.78 is 7.33. The number of rotatable bonds is 1. The first-order valence-corrected chi connectivity index (χ1v) is 10.2. The van der Waals surface area contributed by atoms with Crippen molar-refractivity contribution in [3.63, 3.8) is 0 Å². The molecule has 1 N–H and O–H groups in total. The number of aliphatic hydroxyl groups is 1. The van der Waals surface area contributed by atoms with Crippen molar-refractivity contribution in [2.45, 2.75) is 64.8 Å². The summed E-state index contributed by atoms with van der Waals surface area (Å²) in [6.07, 6.45) is 1.94. The Morgan fingerprint density at radius 3 is 2.68 bits per heavy atom. The molecule has 28 heavy (non-hydrogen) atoms. The van der Waals surface area contributed by atoms with Gasteiger partial charge in [-0.15, -0.1) is 0 Å². The van der Waals surface area contributed by atoms with Crippen LogP contribution < -0.4 is 0 Å². The number of piperidine rings is 1. The van der Waals surface area contributed by atoms with E-state index in [0.717, 1.165) is 25.0 Å². The third-order valence-corrected chi connectivity index (χ3v) is 5.86. The molecule has 2 fully saturated rings. The van der Waals surface area contributed by atoms with E-state index in [4.69, 9.17) is 4.74 Å². The van der Waals surface area contributed by atoms with Gasteiger partial charge in [-0.05, 0) is 52.0 Å². The van der Waals surface area contributed by atoms with Crippen LogP contribution in [0.5, 0.6) is 0 Å². The highest BCUT2D eigenvalue weighted by Crippen LogP contribution is 2.37. The molecule has 2 aliphatic heterocycles. The Morgan fingerprint density at radius 1 is 1.18 bits per heavy atom. The summed E-state index contributed by atoms with van der Waals surface area (Å²) in [6.45, 7) is 8.52. The lowest BCUT2D eigenvalue weighted by atomic mass is 9.98. The van der Waals surface area contributed by atoms with Gasteiger partial charge in [-0.3, -0.25) is 9.48 Å². The van der Waals surface area contributed by atoms with E-state index < -0.39 is 5.60 Å². The fraction of sp³-hybridized carbons (Fsp3) is 0.750. The van der Waals surface area contributed by atoms with Crippen LogP contribution in [0.1, 0.15) is 56.2 Å². The normalized spacial score (nSPS) is 27.4. The molecule has 1 aliphatic carbocycles. The van der Waals surface area contributed by atoms with Crippen molar-refractivity contribution in [3.8, 4) is 0 Å². The van der Waals surface area contributed by atoms with Crippen molar-refractivity contribution in [2.24, 2.45) is 11.8 Å². The Balaban J connectivity index is 1.47. The third kappa shape index (κ3) is 3.87. The number of aromatic nitrogens is 2. The van der Waals surface area contributed by atoms with Crippen LogP contribution in [-0.4, -0.2) is 68.0 Å². The van der Waals surface area contributed by atoms with Crippen LogP contribution in [0.15, 0.2) is 6.07 Å².